The average molecular weight is 375 g/mol. The van der Waals surface area contributed by atoms with Crippen LogP contribution in [0.2, 0.25) is 5.02 Å². The summed E-state index contributed by atoms with van der Waals surface area (Å²) in [4.78, 5) is 29.8. The first-order chi connectivity index (χ1) is 12.1. The molecule has 1 fully saturated rings. The molecule has 4 nitrogen and oxygen atoms in total. The summed E-state index contributed by atoms with van der Waals surface area (Å²) in [5.41, 5.74) is 1.27. The van der Waals surface area contributed by atoms with E-state index in [0.29, 0.717) is 42.3 Å². The van der Waals surface area contributed by atoms with Crippen molar-refractivity contribution in [3.05, 3.63) is 64.7 Å². The van der Waals surface area contributed by atoms with Gasteiger partial charge < -0.3 is 9.80 Å². The van der Waals surface area contributed by atoms with E-state index in [2.05, 4.69) is 0 Å². The van der Waals surface area contributed by atoms with Gasteiger partial charge in [0.25, 0.3) is 11.8 Å². The molecule has 1 aliphatic heterocycles. The van der Waals surface area contributed by atoms with E-state index in [1.54, 1.807) is 45.8 Å². The quantitative estimate of drug-likeness (QED) is 0.770. The second kappa shape index (κ2) is 7.93. The van der Waals surface area contributed by atoms with Crippen molar-refractivity contribution in [2.45, 2.75) is 4.90 Å². The highest BCUT2D eigenvalue weighted by atomic mass is 35.5. The standard InChI is InChI=1S/C19H19ClN2O2S/c1-25-17-7-5-14(6-8-17)18(23)21-9-11-22(12-10-21)19(24)15-3-2-4-16(20)13-15/h2-8,13H,9-12H2,1H3. The Bertz CT molecular complexity index is 771. The predicted octanol–water partition coefficient (Wildman–Crippen LogP) is 3.66. The van der Waals surface area contributed by atoms with Gasteiger partial charge in [-0.05, 0) is 48.7 Å². The van der Waals surface area contributed by atoms with Gasteiger partial charge in [0.15, 0.2) is 0 Å². The van der Waals surface area contributed by atoms with Crippen molar-refractivity contribution >= 4 is 35.2 Å². The number of thioether (sulfide) groups is 1. The van der Waals surface area contributed by atoms with Crippen molar-refractivity contribution in [2.24, 2.45) is 0 Å². The minimum Gasteiger partial charge on any atom is -0.335 e. The molecule has 2 amide bonds. The van der Waals surface area contributed by atoms with Crippen LogP contribution in [-0.4, -0.2) is 54.0 Å². The highest BCUT2D eigenvalue weighted by molar-refractivity contribution is 7.98. The molecule has 0 aromatic heterocycles. The number of amides is 2. The van der Waals surface area contributed by atoms with Crippen molar-refractivity contribution in [3.63, 3.8) is 0 Å². The number of hydrogen-bond acceptors (Lipinski definition) is 3. The van der Waals surface area contributed by atoms with Gasteiger partial charge in [-0.25, -0.2) is 0 Å². The van der Waals surface area contributed by atoms with E-state index in [1.807, 2.05) is 30.5 Å². The van der Waals surface area contributed by atoms with Crippen LogP contribution in [0.3, 0.4) is 0 Å². The molecule has 0 N–H and O–H groups in total. The van der Waals surface area contributed by atoms with E-state index < -0.39 is 0 Å². The summed E-state index contributed by atoms with van der Waals surface area (Å²) < 4.78 is 0. The number of carbonyl (C=O) groups excluding carboxylic acids is 2. The lowest BCUT2D eigenvalue weighted by Gasteiger charge is -2.35. The first kappa shape index (κ1) is 17.8. The third kappa shape index (κ3) is 4.17. The Morgan fingerprint density at radius 2 is 1.44 bits per heavy atom. The Labute approximate surface area is 156 Å². The maximum Gasteiger partial charge on any atom is 0.254 e. The zero-order valence-electron chi connectivity index (χ0n) is 13.9. The second-order valence-corrected chi connectivity index (χ2v) is 7.14. The molecule has 6 heteroatoms. The van der Waals surface area contributed by atoms with Gasteiger partial charge in [0.2, 0.25) is 0 Å². The van der Waals surface area contributed by atoms with E-state index in [9.17, 15) is 9.59 Å². The smallest absolute Gasteiger partial charge is 0.254 e. The Morgan fingerprint density at radius 1 is 0.880 bits per heavy atom. The van der Waals surface area contributed by atoms with Crippen LogP contribution in [0.15, 0.2) is 53.4 Å². The fraction of sp³-hybridized carbons (Fsp3) is 0.263. The van der Waals surface area contributed by atoms with Crippen LogP contribution in [0.25, 0.3) is 0 Å². The molecule has 1 heterocycles. The van der Waals surface area contributed by atoms with Crippen LogP contribution >= 0.6 is 23.4 Å². The topological polar surface area (TPSA) is 40.6 Å². The number of piperazine rings is 1. The summed E-state index contributed by atoms with van der Waals surface area (Å²) >= 11 is 7.61. The number of benzene rings is 2. The van der Waals surface area contributed by atoms with E-state index in [4.69, 9.17) is 11.6 Å². The normalized spacial score (nSPS) is 14.5. The Kier molecular flexibility index (Phi) is 5.66. The molecule has 1 saturated heterocycles. The maximum absolute atomic E-state index is 12.6. The van der Waals surface area contributed by atoms with E-state index >= 15 is 0 Å². The molecule has 0 bridgehead atoms. The molecule has 2 aromatic carbocycles. The van der Waals surface area contributed by atoms with Gasteiger partial charge in [0, 0.05) is 47.2 Å². The molecule has 0 atom stereocenters. The third-order valence-corrected chi connectivity index (χ3v) is 5.24. The zero-order valence-corrected chi connectivity index (χ0v) is 15.5. The van der Waals surface area contributed by atoms with Crippen molar-refractivity contribution in [2.75, 3.05) is 32.4 Å². The Balaban J connectivity index is 1.61. The maximum atomic E-state index is 12.6. The van der Waals surface area contributed by atoms with E-state index in [0.717, 1.165) is 4.90 Å². The van der Waals surface area contributed by atoms with Crippen LogP contribution in [0.5, 0.6) is 0 Å². The van der Waals surface area contributed by atoms with Crippen molar-refractivity contribution in [1.29, 1.82) is 0 Å². The monoisotopic (exact) mass is 374 g/mol. The minimum atomic E-state index is -0.0427. The molecule has 25 heavy (non-hydrogen) atoms. The van der Waals surface area contributed by atoms with Crippen LogP contribution in [-0.2, 0) is 0 Å². The summed E-state index contributed by atoms with van der Waals surface area (Å²) in [6, 6.07) is 14.6. The van der Waals surface area contributed by atoms with E-state index in [1.165, 1.54) is 0 Å². The van der Waals surface area contributed by atoms with Gasteiger partial charge >= 0.3 is 0 Å². The number of nitrogens with zero attached hydrogens (tertiary/aromatic N) is 2. The first-order valence-electron chi connectivity index (χ1n) is 8.06. The molecular formula is C19H19ClN2O2S. The summed E-state index contributed by atoms with van der Waals surface area (Å²) in [7, 11) is 0. The average Bonchev–Trinajstić information content (AvgIpc) is 2.67. The number of hydrogen-bond donors (Lipinski definition) is 0. The van der Waals surface area contributed by atoms with Crippen molar-refractivity contribution < 1.29 is 9.59 Å². The fourth-order valence-corrected chi connectivity index (χ4v) is 3.43. The Hall–Kier alpha value is -1.98. The van der Waals surface area contributed by atoms with Crippen LogP contribution in [0.1, 0.15) is 20.7 Å². The van der Waals surface area contributed by atoms with Crippen LogP contribution in [0.4, 0.5) is 0 Å². The molecule has 0 radical (unpaired) electrons. The highest BCUT2D eigenvalue weighted by Gasteiger charge is 2.25. The number of rotatable bonds is 3. The SMILES string of the molecule is CSc1ccc(C(=O)N2CCN(C(=O)c3cccc(Cl)c3)CC2)cc1. The molecule has 3 rings (SSSR count). The van der Waals surface area contributed by atoms with Crippen LogP contribution < -0.4 is 0 Å². The van der Waals surface area contributed by atoms with Crippen molar-refractivity contribution in [3.8, 4) is 0 Å². The van der Waals surface area contributed by atoms with E-state index in [-0.39, 0.29) is 11.8 Å². The van der Waals surface area contributed by atoms with Gasteiger partial charge in [-0.3, -0.25) is 9.59 Å². The fourth-order valence-electron chi connectivity index (χ4n) is 2.83. The second-order valence-electron chi connectivity index (χ2n) is 5.82. The molecule has 1 aliphatic rings. The molecule has 130 valence electrons. The Morgan fingerprint density at radius 3 is 1.96 bits per heavy atom. The predicted molar refractivity (Wildman–Crippen MR) is 101 cm³/mol. The number of carbonyl (C=O) groups is 2. The summed E-state index contributed by atoms with van der Waals surface area (Å²) in [5.74, 6) is -0.0265. The molecule has 2 aromatic rings. The summed E-state index contributed by atoms with van der Waals surface area (Å²) in [6.07, 6.45) is 2.01. The van der Waals surface area contributed by atoms with Crippen molar-refractivity contribution in [1.82, 2.24) is 9.80 Å². The minimum absolute atomic E-state index is 0.0162. The summed E-state index contributed by atoms with van der Waals surface area (Å²) in [6.45, 7) is 2.13. The van der Waals surface area contributed by atoms with Crippen LogP contribution in [0, 0.1) is 0 Å². The molecule has 0 aliphatic carbocycles. The largest absolute Gasteiger partial charge is 0.335 e. The van der Waals surface area contributed by atoms with Gasteiger partial charge in [0.05, 0.1) is 0 Å². The molecule has 0 spiro atoms. The summed E-state index contributed by atoms with van der Waals surface area (Å²) in [5, 5.41) is 0.549. The highest BCUT2D eigenvalue weighted by Crippen LogP contribution is 2.18. The van der Waals surface area contributed by atoms with Gasteiger partial charge in [-0.1, -0.05) is 17.7 Å². The lowest BCUT2D eigenvalue weighted by Crippen LogP contribution is -2.50. The zero-order chi connectivity index (χ0) is 17.8. The molecule has 0 unspecified atom stereocenters. The first-order valence-corrected chi connectivity index (χ1v) is 9.67. The van der Waals surface area contributed by atoms with Gasteiger partial charge in [-0.2, -0.15) is 0 Å². The number of halogens is 1. The van der Waals surface area contributed by atoms with Gasteiger partial charge in [0.1, 0.15) is 0 Å². The third-order valence-electron chi connectivity index (χ3n) is 4.26. The molecule has 0 saturated carbocycles. The molecular weight excluding hydrogens is 356 g/mol. The lowest BCUT2D eigenvalue weighted by molar-refractivity contribution is 0.0535. The van der Waals surface area contributed by atoms with Gasteiger partial charge in [-0.15, -0.1) is 11.8 Å². The lowest BCUT2D eigenvalue weighted by atomic mass is 10.1.